The van der Waals surface area contributed by atoms with E-state index in [1.807, 2.05) is 13.8 Å². The van der Waals surface area contributed by atoms with Gasteiger partial charge in [0.1, 0.15) is 11.2 Å². The van der Waals surface area contributed by atoms with Gasteiger partial charge >= 0.3 is 6.03 Å². The molecule has 1 spiro atoms. The van der Waals surface area contributed by atoms with Gasteiger partial charge in [0.05, 0.1) is 23.8 Å². The number of nitrogens with zero attached hydrogens (tertiary/aromatic N) is 1. The van der Waals surface area contributed by atoms with Gasteiger partial charge in [0.15, 0.2) is 0 Å². The van der Waals surface area contributed by atoms with E-state index in [0.29, 0.717) is 22.7 Å². The highest BCUT2D eigenvalue weighted by Crippen LogP contribution is 2.60. The molecular weight excluding hydrogens is 536 g/mol. The summed E-state index contributed by atoms with van der Waals surface area (Å²) < 4.78 is 15.7. The first kappa shape index (κ1) is 28.6. The topological polar surface area (TPSA) is 122 Å². The molecule has 2 aliphatic heterocycles. The fourth-order valence-corrected chi connectivity index (χ4v) is 6.16. The van der Waals surface area contributed by atoms with E-state index in [-0.39, 0.29) is 36.7 Å². The van der Waals surface area contributed by atoms with Crippen LogP contribution in [0.15, 0.2) is 36.4 Å². The second kappa shape index (κ2) is 11.0. The van der Waals surface area contributed by atoms with Crippen LogP contribution in [0.3, 0.4) is 0 Å². The van der Waals surface area contributed by atoms with E-state index in [1.54, 1.807) is 24.3 Å². The van der Waals surface area contributed by atoms with Gasteiger partial charge in [-0.2, -0.15) is 0 Å². The van der Waals surface area contributed by atoms with E-state index in [9.17, 15) is 19.8 Å². The van der Waals surface area contributed by atoms with Gasteiger partial charge in [0, 0.05) is 36.0 Å². The second-order valence-corrected chi connectivity index (χ2v) is 11.6. The zero-order valence-electron chi connectivity index (χ0n) is 21.2. The molecule has 8 nitrogen and oxygen atoms in total. The standard InChI is InChI=1S/C27H32Cl2FN3O5/c1-26(2,14-35)11-15-12-33(25(38)31-9-8-17(36)13-34)23(18-4-3-5-20(29)22(18)30)27(15)19-7-6-16(28)10-21(19)32-24(27)37/h3-7,10,15,17,23,34-36H,8-9,11-14H2,1-2H3,(H,31,38)(H,32,37)/t15-,17+,23-,27+/m1/s1. The molecule has 5 N–H and O–H groups in total. The lowest BCUT2D eigenvalue weighted by molar-refractivity contribution is -0.123. The summed E-state index contributed by atoms with van der Waals surface area (Å²) in [5.41, 5.74) is -0.858. The number of rotatable bonds is 8. The molecule has 2 aromatic rings. The summed E-state index contributed by atoms with van der Waals surface area (Å²) in [6.07, 6.45) is -0.540. The summed E-state index contributed by atoms with van der Waals surface area (Å²) in [7, 11) is 0. The number of aliphatic hydroxyl groups is 3. The number of urea groups is 1. The van der Waals surface area contributed by atoms with Crippen LogP contribution in [0.25, 0.3) is 0 Å². The quantitative estimate of drug-likeness (QED) is 0.331. The minimum Gasteiger partial charge on any atom is -0.396 e. The van der Waals surface area contributed by atoms with Crippen LogP contribution in [0, 0.1) is 17.2 Å². The third kappa shape index (κ3) is 4.98. The summed E-state index contributed by atoms with van der Waals surface area (Å²) in [6, 6.07) is 7.86. The van der Waals surface area contributed by atoms with Crippen LogP contribution in [0.1, 0.15) is 43.9 Å². The maximum Gasteiger partial charge on any atom is 0.317 e. The van der Waals surface area contributed by atoms with Gasteiger partial charge in [0.2, 0.25) is 5.91 Å². The highest BCUT2D eigenvalue weighted by atomic mass is 35.5. The summed E-state index contributed by atoms with van der Waals surface area (Å²) in [5, 5.41) is 34.8. The normalized spacial score (nSPS) is 23.5. The zero-order chi connectivity index (χ0) is 27.8. The Hall–Kier alpha value is -2.43. The Kier molecular flexibility index (Phi) is 8.26. The van der Waals surface area contributed by atoms with Crippen molar-refractivity contribution in [1.29, 1.82) is 0 Å². The highest BCUT2D eigenvalue weighted by molar-refractivity contribution is 6.31. The monoisotopic (exact) mass is 567 g/mol. The minimum atomic E-state index is -1.40. The second-order valence-electron chi connectivity index (χ2n) is 10.8. The molecule has 0 aliphatic carbocycles. The molecule has 1 fully saturated rings. The number of halogens is 3. The first-order chi connectivity index (χ1) is 18.0. The lowest BCUT2D eigenvalue weighted by atomic mass is 9.63. The van der Waals surface area contributed by atoms with E-state index in [2.05, 4.69) is 10.6 Å². The lowest BCUT2D eigenvalue weighted by Gasteiger charge is -2.38. The van der Waals surface area contributed by atoms with Crippen LogP contribution in [0.5, 0.6) is 0 Å². The van der Waals surface area contributed by atoms with Crippen molar-refractivity contribution in [1.82, 2.24) is 10.2 Å². The van der Waals surface area contributed by atoms with Crippen LogP contribution in [-0.2, 0) is 10.2 Å². The maximum atomic E-state index is 15.7. The molecule has 0 unspecified atom stereocenters. The molecule has 2 heterocycles. The molecule has 206 valence electrons. The molecule has 0 saturated carbocycles. The van der Waals surface area contributed by atoms with Crippen molar-refractivity contribution < 1.29 is 29.3 Å². The first-order valence-electron chi connectivity index (χ1n) is 12.5. The minimum absolute atomic E-state index is 0.0556. The van der Waals surface area contributed by atoms with Gasteiger partial charge in [0.25, 0.3) is 0 Å². The molecular formula is C27H32Cl2FN3O5. The molecule has 0 bridgehead atoms. The fraction of sp³-hybridized carbons (Fsp3) is 0.481. The lowest BCUT2D eigenvalue weighted by Crippen LogP contribution is -2.48. The maximum absolute atomic E-state index is 15.7. The van der Waals surface area contributed by atoms with Crippen LogP contribution < -0.4 is 10.6 Å². The SMILES string of the molecule is CC(C)(CO)C[C@@H]1CN(C(=O)NCC[C@H](O)CO)[C@H](c2cccc(Cl)c2F)[C@]12C(=O)Nc1cc(Cl)ccc12. The number of anilines is 1. The van der Waals surface area contributed by atoms with Crippen LogP contribution in [0.2, 0.25) is 10.0 Å². The number of carbonyl (C=O) groups excluding carboxylic acids is 2. The van der Waals surface area contributed by atoms with Gasteiger partial charge in [-0.05, 0) is 47.9 Å². The van der Waals surface area contributed by atoms with Gasteiger partial charge in [-0.15, -0.1) is 0 Å². The van der Waals surface area contributed by atoms with Crippen molar-refractivity contribution >= 4 is 40.8 Å². The van der Waals surface area contributed by atoms with Crippen molar-refractivity contribution in [2.75, 3.05) is 31.6 Å². The summed E-state index contributed by atoms with van der Waals surface area (Å²) in [4.78, 5) is 29.1. The van der Waals surface area contributed by atoms with E-state index in [1.165, 1.54) is 17.0 Å². The average Bonchev–Trinajstić information content (AvgIpc) is 3.35. The number of hydrogen-bond donors (Lipinski definition) is 5. The van der Waals surface area contributed by atoms with Gasteiger partial charge in [-0.3, -0.25) is 4.79 Å². The molecule has 4 rings (SSSR count). The number of nitrogens with one attached hydrogen (secondary N) is 2. The van der Waals surface area contributed by atoms with E-state index in [0.717, 1.165) is 0 Å². The Morgan fingerprint density at radius 3 is 2.71 bits per heavy atom. The van der Waals surface area contributed by atoms with Crippen molar-refractivity contribution in [2.24, 2.45) is 11.3 Å². The molecule has 2 aromatic carbocycles. The molecule has 38 heavy (non-hydrogen) atoms. The molecule has 0 radical (unpaired) electrons. The smallest absolute Gasteiger partial charge is 0.317 e. The molecule has 4 atom stereocenters. The zero-order valence-corrected chi connectivity index (χ0v) is 22.7. The summed E-state index contributed by atoms with van der Waals surface area (Å²) in [6.45, 7) is 3.27. The fourth-order valence-electron chi connectivity index (χ4n) is 5.80. The third-order valence-electron chi connectivity index (χ3n) is 7.58. The summed E-state index contributed by atoms with van der Waals surface area (Å²) >= 11 is 12.4. The van der Waals surface area contributed by atoms with Crippen molar-refractivity contribution in [3.8, 4) is 0 Å². The number of carbonyl (C=O) groups is 2. The number of fused-ring (bicyclic) bond motifs is 2. The van der Waals surface area contributed by atoms with Crippen molar-refractivity contribution in [2.45, 2.75) is 44.2 Å². The van der Waals surface area contributed by atoms with Gasteiger partial charge in [-0.1, -0.05) is 55.2 Å². The average molecular weight is 568 g/mol. The highest BCUT2D eigenvalue weighted by Gasteiger charge is 2.65. The number of aliphatic hydroxyl groups excluding tert-OH is 3. The Bertz CT molecular complexity index is 1230. The largest absolute Gasteiger partial charge is 0.396 e. The van der Waals surface area contributed by atoms with Crippen LogP contribution in [-0.4, -0.2) is 64.6 Å². The van der Waals surface area contributed by atoms with E-state index in [4.69, 9.17) is 28.3 Å². The van der Waals surface area contributed by atoms with Crippen molar-refractivity contribution in [3.05, 3.63) is 63.4 Å². The molecule has 3 amide bonds. The summed E-state index contributed by atoms with van der Waals surface area (Å²) in [5.74, 6) is -1.64. The predicted octanol–water partition coefficient (Wildman–Crippen LogP) is 3.86. The predicted molar refractivity (Wildman–Crippen MR) is 143 cm³/mol. The Morgan fingerprint density at radius 2 is 2.03 bits per heavy atom. The van der Waals surface area contributed by atoms with Gasteiger partial charge in [-0.25, -0.2) is 9.18 Å². The first-order valence-corrected chi connectivity index (χ1v) is 13.2. The molecule has 2 aliphatic rings. The van der Waals surface area contributed by atoms with Crippen LogP contribution >= 0.6 is 23.2 Å². The molecule has 1 saturated heterocycles. The van der Waals surface area contributed by atoms with E-state index >= 15 is 4.39 Å². The number of benzene rings is 2. The third-order valence-corrected chi connectivity index (χ3v) is 8.11. The Morgan fingerprint density at radius 1 is 1.29 bits per heavy atom. The number of hydrogen-bond acceptors (Lipinski definition) is 5. The van der Waals surface area contributed by atoms with Gasteiger partial charge < -0.3 is 30.9 Å². The molecule has 0 aromatic heterocycles. The van der Waals surface area contributed by atoms with Crippen molar-refractivity contribution in [3.63, 3.8) is 0 Å². The van der Waals surface area contributed by atoms with E-state index < -0.39 is 53.3 Å². The Labute approximate surface area is 230 Å². The number of likely N-dealkylation sites (tertiary alicyclic amines) is 1. The van der Waals surface area contributed by atoms with Crippen LogP contribution in [0.4, 0.5) is 14.9 Å². The number of amides is 3. The Balaban J connectivity index is 1.90. The molecule has 11 heteroatoms.